The smallest absolute Gasteiger partial charge is 0.120 e. The second-order valence-electron chi connectivity index (χ2n) is 2.59. The molecule has 0 amide bonds. The summed E-state index contributed by atoms with van der Waals surface area (Å²) in [5.41, 5.74) is -0.874. The molecule has 0 unspecified atom stereocenters. The van der Waals surface area contributed by atoms with Gasteiger partial charge in [-0.05, 0) is 31.1 Å². The van der Waals surface area contributed by atoms with Gasteiger partial charge in [0.15, 0.2) is 0 Å². The van der Waals surface area contributed by atoms with E-state index in [0.29, 0.717) is 0 Å². The summed E-state index contributed by atoms with van der Waals surface area (Å²) in [7, 11) is 0. The largest absolute Gasteiger partial charge is 0.378 e. The molecule has 0 saturated heterocycles. The second-order valence-corrected chi connectivity index (χ2v) is 3.77. The maximum absolute atomic E-state index is 9.16. The van der Waals surface area contributed by atoms with Gasteiger partial charge in [0.1, 0.15) is 5.60 Å². The summed E-state index contributed by atoms with van der Waals surface area (Å²) in [5.74, 6) is 6.50. The lowest BCUT2D eigenvalue weighted by Crippen LogP contribution is -2.14. The van der Waals surface area contributed by atoms with E-state index in [1.807, 2.05) is 5.41 Å². The molecule has 11 heavy (non-hydrogen) atoms. The Kier molecular flexibility index (Phi) is 5.10. The highest BCUT2D eigenvalue weighted by Crippen LogP contribution is 1.99. The summed E-state index contributed by atoms with van der Waals surface area (Å²) in [5, 5.41) is 11.1. The normalized spacial score (nSPS) is 11.3. The molecule has 62 valence electrons. The molecule has 0 atom stereocenters. The van der Waals surface area contributed by atoms with Crippen LogP contribution in [-0.2, 0) is 0 Å². The van der Waals surface area contributed by atoms with Gasteiger partial charge in [-0.3, -0.25) is 0 Å². The first-order chi connectivity index (χ1) is 5.06. The van der Waals surface area contributed by atoms with Crippen LogP contribution >= 0.6 is 11.8 Å². The molecule has 0 aliphatic carbocycles. The van der Waals surface area contributed by atoms with Gasteiger partial charge in [0.2, 0.25) is 0 Å². The van der Waals surface area contributed by atoms with Gasteiger partial charge in [0, 0.05) is 0 Å². The maximum atomic E-state index is 9.16. The van der Waals surface area contributed by atoms with E-state index in [1.165, 1.54) is 0 Å². The monoisotopic (exact) mass is 170 g/mol. The summed E-state index contributed by atoms with van der Waals surface area (Å²) in [6, 6.07) is 0. The molecule has 0 aromatic rings. The minimum absolute atomic E-state index is 0.874. The van der Waals surface area contributed by atoms with Crippen LogP contribution in [0.5, 0.6) is 0 Å². The average molecular weight is 170 g/mol. The molecule has 0 radical (unpaired) electrons. The molecule has 0 rings (SSSR count). The van der Waals surface area contributed by atoms with Crippen molar-refractivity contribution >= 4 is 11.8 Å². The Bertz CT molecular complexity index is 178. The molecule has 0 aromatic heterocycles. The molecule has 1 nitrogen and oxygen atoms in total. The second kappa shape index (κ2) is 5.29. The van der Waals surface area contributed by atoms with Crippen LogP contribution in [0, 0.1) is 11.8 Å². The maximum Gasteiger partial charge on any atom is 0.120 e. The topological polar surface area (TPSA) is 20.2 Å². The van der Waals surface area contributed by atoms with Gasteiger partial charge in [-0.1, -0.05) is 18.8 Å². The predicted molar refractivity (Wildman–Crippen MR) is 51.3 cm³/mol. The van der Waals surface area contributed by atoms with E-state index in [4.69, 9.17) is 5.11 Å². The van der Waals surface area contributed by atoms with Gasteiger partial charge < -0.3 is 5.11 Å². The van der Waals surface area contributed by atoms with Gasteiger partial charge in [-0.15, -0.1) is 11.8 Å². The molecule has 0 aliphatic rings. The summed E-state index contributed by atoms with van der Waals surface area (Å²) in [4.78, 5) is 0. The first-order valence-corrected chi connectivity index (χ1v) is 4.63. The predicted octanol–water partition coefficient (Wildman–Crippen LogP) is 2.03. The van der Waals surface area contributed by atoms with E-state index >= 15 is 0 Å². The molecule has 0 spiro atoms. The zero-order valence-corrected chi connectivity index (χ0v) is 8.03. The van der Waals surface area contributed by atoms with E-state index < -0.39 is 5.60 Å². The van der Waals surface area contributed by atoms with Crippen LogP contribution in [-0.4, -0.2) is 16.5 Å². The lowest BCUT2D eigenvalue weighted by molar-refractivity contribution is 0.143. The van der Waals surface area contributed by atoms with Gasteiger partial charge >= 0.3 is 0 Å². The van der Waals surface area contributed by atoms with Gasteiger partial charge in [0.05, 0.1) is 0 Å². The van der Waals surface area contributed by atoms with Crippen molar-refractivity contribution < 1.29 is 5.11 Å². The third kappa shape index (κ3) is 9.61. The van der Waals surface area contributed by atoms with Gasteiger partial charge in [0.25, 0.3) is 0 Å². The van der Waals surface area contributed by atoms with Crippen LogP contribution in [0.1, 0.15) is 20.8 Å². The van der Waals surface area contributed by atoms with Crippen LogP contribution in [0.25, 0.3) is 0 Å². The standard InChI is InChI=1S/C9H14OS/c1-4-11-8-6-5-7-9(2,3)10/h6,8,10H,4H2,1-3H3/b8-6+. The van der Waals surface area contributed by atoms with E-state index in [9.17, 15) is 0 Å². The minimum Gasteiger partial charge on any atom is -0.378 e. The SMILES string of the molecule is CCS/C=C/C#CC(C)(C)O. The third-order valence-electron chi connectivity index (χ3n) is 0.792. The minimum atomic E-state index is -0.874. The van der Waals surface area contributed by atoms with E-state index in [2.05, 4.69) is 18.8 Å². The molecule has 0 bridgehead atoms. The Morgan fingerprint density at radius 1 is 1.55 bits per heavy atom. The summed E-state index contributed by atoms with van der Waals surface area (Å²) < 4.78 is 0. The van der Waals surface area contributed by atoms with Crippen molar-refractivity contribution in [3.63, 3.8) is 0 Å². The Balaban J connectivity index is 3.72. The highest BCUT2D eigenvalue weighted by molar-refractivity contribution is 8.02. The highest BCUT2D eigenvalue weighted by Gasteiger charge is 2.04. The van der Waals surface area contributed by atoms with Crippen LogP contribution in [0.4, 0.5) is 0 Å². The fourth-order valence-corrected chi connectivity index (χ4v) is 0.753. The molecular weight excluding hydrogens is 156 g/mol. The summed E-state index contributed by atoms with van der Waals surface area (Å²) in [6.07, 6.45) is 1.76. The zero-order valence-electron chi connectivity index (χ0n) is 7.22. The van der Waals surface area contributed by atoms with Crippen molar-refractivity contribution in [3.05, 3.63) is 11.5 Å². The Morgan fingerprint density at radius 2 is 2.18 bits per heavy atom. The molecular formula is C9H14OS. The molecule has 2 heteroatoms. The lowest BCUT2D eigenvalue weighted by atomic mass is 10.1. The Morgan fingerprint density at radius 3 is 2.64 bits per heavy atom. The van der Waals surface area contributed by atoms with Crippen LogP contribution in [0.3, 0.4) is 0 Å². The first kappa shape index (κ1) is 10.6. The zero-order chi connectivity index (χ0) is 8.74. The fourth-order valence-electron chi connectivity index (χ4n) is 0.397. The molecule has 0 fully saturated rings. The number of thioether (sulfide) groups is 1. The average Bonchev–Trinajstić information content (AvgIpc) is 1.85. The number of allylic oxidation sites excluding steroid dienone is 1. The Hall–Kier alpha value is -0.390. The van der Waals surface area contributed by atoms with E-state index in [0.717, 1.165) is 5.75 Å². The van der Waals surface area contributed by atoms with Gasteiger partial charge in [-0.2, -0.15) is 0 Å². The summed E-state index contributed by atoms with van der Waals surface area (Å²) >= 11 is 1.69. The molecule has 0 saturated carbocycles. The Labute approximate surface area is 72.9 Å². The van der Waals surface area contributed by atoms with Crippen molar-refractivity contribution in [1.82, 2.24) is 0 Å². The van der Waals surface area contributed by atoms with Crippen LogP contribution < -0.4 is 0 Å². The van der Waals surface area contributed by atoms with Crippen molar-refractivity contribution in [2.45, 2.75) is 26.4 Å². The lowest BCUT2D eigenvalue weighted by Gasteiger charge is -2.04. The fraction of sp³-hybridized carbons (Fsp3) is 0.556. The number of aliphatic hydroxyl groups is 1. The van der Waals surface area contributed by atoms with Crippen LogP contribution in [0.2, 0.25) is 0 Å². The van der Waals surface area contributed by atoms with Crippen molar-refractivity contribution in [3.8, 4) is 11.8 Å². The molecule has 0 heterocycles. The molecule has 1 N–H and O–H groups in total. The third-order valence-corrected chi connectivity index (χ3v) is 1.45. The molecule has 0 aromatic carbocycles. The van der Waals surface area contributed by atoms with Crippen molar-refractivity contribution in [2.24, 2.45) is 0 Å². The number of hydrogen-bond donors (Lipinski definition) is 1. The number of hydrogen-bond acceptors (Lipinski definition) is 2. The first-order valence-electron chi connectivity index (χ1n) is 3.58. The van der Waals surface area contributed by atoms with E-state index in [1.54, 1.807) is 31.7 Å². The van der Waals surface area contributed by atoms with Crippen molar-refractivity contribution in [2.75, 3.05) is 5.75 Å². The van der Waals surface area contributed by atoms with E-state index in [-0.39, 0.29) is 0 Å². The van der Waals surface area contributed by atoms with Crippen molar-refractivity contribution in [1.29, 1.82) is 0 Å². The quantitative estimate of drug-likeness (QED) is 0.640. The summed E-state index contributed by atoms with van der Waals surface area (Å²) in [6.45, 7) is 5.42. The van der Waals surface area contributed by atoms with Crippen LogP contribution in [0.15, 0.2) is 11.5 Å². The number of rotatable bonds is 2. The van der Waals surface area contributed by atoms with Gasteiger partial charge in [-0.25, -0.2) is 0 Å². The highest BCUT2D eigenvalue weighted by atomic mass is 32.2. The molecule has 0 aliphatic heterocycles.